The maximum atomic E-state index is 12.5. The number of ether oxygens (including phenoxy) is 1. The lowest BCUT2D eigenvalue weighted by Gasteiger charge is -2.12. The van der Waals surface area contributed by atoms with E-state index in [9.17, 15) is 4.79 Å². The molecule has 0 radical (unpaired) electrons. The van der Waals surface area contributed by atoms with E-state index in [1.807, 2.05) is 36.4 Å². The fraction of sp³-hybridized carbons (Fsp3) is 0.250. The van der Waals surface area contributed by atoms with E-state index < -0.39 is 0 Å². The SMILES string of the molecule is Cc1cc(/C=C2\C(=O)Nc3ncccc32)c2ccccc(OCCCN(C)C)c1-2. The number of fused-ring (bicyclic) bond motifs is 2. The normalized spacial score (nSPS) is 14.5. The predicted molar refractivity (Wildman–Crippen MR) is 117 cm³/mol. The summed E-state index contributed by atoms with van der Waals surface area (Å²) in [6, 6.07) is 14.0. The van der Waals surface area contributed by atoms with Crippen molar-refractivity contribution in [2.75, 3.05) is 32.6 Å². The molecule has 1 aromatic rings. The average Bonchev–Trinajstić information content (AvgIpc) is 3.06. The third kappa shape index (κ3) is 3.87. The maximum absolute atomic E-state index is 12.5. The second-order valence-corrected chi connectivity index (χ2v) is 7.57. The van der Waals surface area contributed by atoms with Gasteiger partial charge in [0.15, 0.2) is 0 Å². The van der Waals surface area contributed by atoms with Crippen LogP contribution < -0.4 is 10.1 Å². The number of carbonyl (C=O) groups is 1. The van der Waals surface area contributed by atoms with Gasteiger partial charge in [-0.3, -0.25) is 4.79 Å². The smallest absolute Gasteiger partial charge is 0.257 e. The third-order valence-corrected chi connectivity index (χ3v) is 5.10. The Hall–Kier alpha value is -3.18. The summed E-state index contributed by atoms with van der Waals surface area (Å²) in [5.41, 5.74) is 5.79. The van der Waals surface area contributed by atoms with Crippen molar-refractivity contribution >= 4 is 23.4 Å². The zero-order chi connectivity index (χ0) is 20.4. The Morgan fingerprint density at radius 3 is 2.76 bits per heavy atom. The van der Waals surface area contributed by atoms with E-state index >= 15 is 0 Å². The number of anilines is 1. The van der Waals surface area contributed by atoms with Crippen molar-refractivity contribution in [3.63, 3.8) is 0 Å². The summed E-state index contributed by atoms with van der Waals surface area (Å²) in [6.45, 7) is 3.74. The van der Waals surface area contributed by atoms with Crippen LogP contribution in [-0.4, -0.2) is 43.0 Å². The number of nitrogens with one attached hydrogen (secondary N) is 1. The predicted octanol–water partition coefficient (Wildman–Crippen LogP) is 4.32. The van der Waals surface area contributed by atoms with Crippen LogP contribution in [0.3, 0.4) is 0 Å². The van der Waals surface area contributed by atoms with Gasteiger partial charge in [-0.2, -0.15) is 0 Å². The number of carbonyl (C=O) groups excluding carboxylic acids is 1. The summed E-state index contributed by atoms with van der Waals surface area (Å²) in [6.07, 6.45) is 4.60. The molecule has 1 amide bonds. The summed E-state index contributed by atoms with van der Waals surface area (Å²) in [7, 11) is 4.13. The van der Waals surface area contributed by atoms with Gasteiger partial charge in [0, 0.05) is 23.9 Å². The Morgan fingerprint density at radius 2 is 1.93 bits per heavy atom. The molecule has 1 aromatic heterocycles. The van der Waals surface area contributed by atoms with Gasteiger partial charge in [0.25, 0.3) is 5.91 Å². The largest absolute Gasteiger partial charge is 0.493 e. The van der Waals surface area contributed by atoms with Crippen LogP contribution in [0.25, 0.3) is 22.8 Å². The molecule has 5 heteroatoms. The molecule has 0 saturated carbocycles. The monoisotopic (exact) mass is 387 g/mol. The van der Waals surface area contributed by atoms with Gasteiger partial charge in [-0.15, -0.1) is 0 Å². The molecule has 2 aliphatic carbocycles. The van der Waals surface area contributed by atoms with Gasteiger partial charge in [-0.05, 0) is 68.4 Å². The second-order valence-electron chi connectivity index (χ2n) is 7.57. The second kappa shape index (κ2) is 8.05. The highest BCUT2D eigenvalue weighted by Crippen LogP contribution is 2.41. The summed E-state index contributed by atoms with van der Waals surface area (Å²) in [5.74, 6) is 1.38. The van der Waals surface area contributed by atoms with Crippen LogP contribution in [0.1, 0.15) is 23.1 Å². The van der Waals surface area contributed by atoms with Crippen molar-refractivity contribution in [2.24, 2.45) is 0 Å². The van der Waals surface area contributed by atoms with Gasteiger partial charge in [-0.1, -0.05) is 24.3 Å². The highest BCUT2D eigenvalue weighted by Gasteiger charge is 2.26. The van der Waals surface area contributed by atoms with Gasteiger partial charge in [-0.25, -0.2) is 4.98 Å². The van der Waals surface area contributed by atoms with E-state index in [0.29, 0.717) is 18.0 Å². The van der Waals surface area contributed by atoms with E-state index in [4.69, 9.17) is 4.74 Å². The van der Waals surface area contributed by atoms with Crippen molar-refractivity contribution < 1.29 is 9.53 Å². The summed E-state index contributed by atoms with van der Waals surface area (Å²) in [5, 5.41) is 2.84. The molecule has 1 N–H and O–H groups in total. The first kappa shape index (κ1) is 19.2. The molecule has 0 fully saturated rings. The Labute approximate surface area is 171 Å². The minimum Gasteiger partial charge on any atom is -0.493 e. The van der Waals surface area contributed by atoms with Crippen molar-refractivity contribution in [1.29, 1.82) is 0 Å². The average molecular weight is 387 g/mol. The minimum absolute atomic E-state index is 0.119. The maximum Gasteiger partial charge on any atom is 0.257 e. The summed E-state index contributed by atoms with van der Waals surface area (Å²) in [4.78, 5) is 18.9. The lowest BCUT2D eigenvalue weighted by atomic mass is 10.0. The molecule has 5 nitrogen and oxygen atoms in total. The Kier molecular flexibility index (Phi) is 5.32. The molecule has 4 rings (SSSR count). The molecule has 1 aliphatic heterocycles. The number of rotatable bonds is 6. The molecule has 0 bridgehead atoms. The molecular weight excluding hydrogens is 362 g/mol. The number of hydrogen-bond acceptors (Lipinski definition) is 4. The van der Waals surface area contributed by atoms with E-state index in [0.717, 1.165) is 46.5 Å². The Bertz CT molecular complexity index is 1060. The summed E-state index contributed by atoms with van der Waals surface area (Å²) >= 11 is 0. The van der Waals surface area contributed by atoms with Crippen LogP contribution in [0.2, 0.25) is 0 Å². The number of aryl methyl sites for hydroxylation is 1. The van der Waals surface area contributed by atoms with Crippen LogP contribution in [0.15, 0.2) is 48.7 Å². The van der Waals surface area contributed by atoms with Crippen molar-refractivity contribution in [3.8, 4) is 16.9 Å². The van der Waals surface area contributed by atoms with E-state index in [-0.39, 0.29) is 5.91 Å². The standard InChI is InChI=1S/C24H25N3O2/c1-16-14-17(15-20-19-9-6-11-25-23(19)26-24(20)28)18-8-4-5-10-21(22(16)18)29-13-7-12-27(2)3/h4-6,8-11,14-15H,7,12-13H2,1-3H3,(H,25,26,28)/b20-15-. The summed E-state index contributed by atoms with van der Waals surface area (Å²) < 4.78 is 6.13. The lowest BCUT2D eigenvalue weighted by molar-refractivity contribution is -0.110. The van der Waals surface area contributed by atoms with Gasteiger partial charge >= 0.3 is 0 Å². The lowest BCUT2D eigenvalue weighted by Crippen LogP contribution is -2.15. The van der Waals surface area contributed by atoms with Gasteiger partial charge in [0.2, 0.25) is 0 Å². The van der Waals surface area contributed by atoms with Gasteiger partial charge in [0.1, 0.15) is 11.6 Å². The number of aromatic nitrogens is 1. The zero-order valence-corrected chi connectivity index (χ0v) is 17.0. The third-order valence-electron chi connectivity index (χ3n) is 5.10. The van der Waals surface area contributed by atoms with Crippen LogP contribution in [-0.2, 0) is 4.79 Å². The Morgan fingerprint density at radius 1 is 1.14 bits per heavy atom. The van der Waals surface area contributed by atoms with Crippen LogP contribution >= 0.6 is 0 Å². The quantitative estimate of drug-likeness (QED) is 0.506. The van der Waals surface area contributed by atoms with Crippen molar-refractivity contribution in [2.45, 2.75) is 13.3 Å². The highest BCUT2D eigenvalue weighted by atomic mass is 16.5. The highest BCUT2D eigenvalue weighted by molar-refractivity contribution is 6.34. The van der Waals surface area contributed by atoms with Gasteiger partial charge < -0.3 is 15.0 Å². The van der Waals surface area contributed by atoms with Crippen molar-refractivity contribution in [3.05, 3.63) is 65.4 Å². The first-order chi connectivity index (χ1) is 14.0. The fourth-order valence-electron chi connectivity index (χ4n) is 3.75. The molecule has 2 heterocycles. The molecule has 0 unspecified atom stereocenters. The molecule has 3 aliphatic rings. The van der Waals surface area contributed by atoms with E-state index in [2.05, 4.69) is 48.4 Å². The van der Waals surface area contributed by atoms with E-state index in [1.54, 1.807) is 6.20 Å². The molecule has 0 atom stereocenters. The number of pyridine rings is 1. The van der Waals surface area contributed by atoms with Crippen LogP contribution in [0.4, 0.5) is 5.82 Å². The topological polar surface area (TPSA) is 54.5 Å². The first-order valence-corrected chi connectivity index (χ1v) is 9.83. The molecule has 0 saturated heterocycles. The number of amides is 1. The number of nitrogens with zero attached hydrogens (tertiary/aromatic N) is 2. The van der Waals surface area contributed by atoms with Crippen LogP contribution in [0, 0.1) is 6.92 Å². The Balaban J connectivity index is 1.68. The fourth-order valence-corrected chi connectivity index (χ4v) is 3.75. The number of hydrogen-bond donors (Lipinski definition) is 1. The molecule has 29 heavy (non-hydrogen) atoms. The van der Waals surface area contributed by atoms with Crippen LogP contribution in [0.5, 0.6) is 5.75 Å². The molecular formula is C24H25N3O2. The van der Waals surface area contributed by atoms with Gasteiger partial charge in [0.05, 0.1) is 12.2 Å². The molecule has 0 aromatic carbocycles. The zero-order valence-electron chi connectivity index (χ0n) is 17.0. The first-order valence-electron chi connectivity index (χ1n) is 9.83. The molecule has 148 valence electrons. The van der Waals surface area contributed by atoms with E-state index in [1.165, 1.54) is 0 Å². The molecule has 0 spiro atoms. The van der Waals surface area contributed by atoms with Crippen molar-refractivity contribution in [1.82, 2.24) is 9.88 Å². The minimum atomic E-state index is -0.119.